The molecule has 0 saturated carbocycles. The Kier molecular flexibility index (Phi) is 4.42. The summed E-state index contributed by atoms with van der Waals surface area (Å²) in [6.07, 6.45) is 0. The molecule has 0 aliphatic rings. The Hall–Kier alpha value is -2.62. The maximum absolute atomic E-state index is 11.0. The van der Waals surface area contributed by atoms with Crippen LogP contribution in [-0.2, 0) is 4.79 Å². The van der Waals surface area contributed by atoms with Gasteiger partial charge in [0.2, 0.25) is 0 Å². The second-order valence-electron chi connectivity index (χ2n) is 4.31. The smallest absolute Gasteiger partial charge is 0.326 e. The number of aliphatic carboxylic acids is 1. The van der Waals surface area contributed by atoms with Crippen LogP contribution in [-0.4, -0.2) is 22.0 Å². The number of nitro benzene ring substituents is 1. The summed E-state index contributed by atoms with van der Waals surface area (Å²) in [6.45, 7) is 3.48. The van der Waals surface area contributed by atoms with E-state index in [-0.39, 0.29) is 17.2 Å². The third-order valence-corrected chi connectivity index (χ3v) is 2.57. The molecule has 1 unspecified atom stereocenters. The van der Waals surface area contributed by atoms with Gasteiger partial charge in [0.05, 0.1) is 4.92 Å². The SMILES string of the molecule is CC(C)C(Nc1ccc([N+](=O)[O-])c(C#N)c1)C(=O)O. The van der Waals surface area contributed by atoms with Gasteiger partial charge < -0.3 is 10.4 Å². The van der Waals surface area contributed by atoms with Gasteiger partial charge in [-0.1, -0.05) is 13.8 Å². The van der Waals surface area contributed by atoms with E-state index in [2.05, 4.69) is 5.32 Å². The maximum Gasteiger partial charge on any atom is 0.326 e. The molecule has 1 atom stereocenters. The lowest BCUT2D eigenvalue weighted by Crippen LogP contribution is -2.34. The van der Waals surface area contributed by atoms with Crippen LogP contribution < -0.4 is 5.32 Å². The summed E-state index contributed by atoms with van der Waals surface area (Å²) in [5.41, 5.74) is -0.0457. The topological polar surface area (TPSA) is 116 Å². The van der Waals surface area contributed by atoms with E-state index in [0.29, 0.717) is 5.69 Å². The summed E-state index contributed by atoms with van der Waals surface area (Å²) < 4.78 is 0. The Morgan fingerprint density at radius 1 is 1.53 bits per heavy atom. The second kappa shape index (κ2) is 5.82. The summed E-state index contributed by atoms with van der Waals surface area (Å²) in [5.74, 6) is -1.19. The molecule has 0 amide bonds. The van der Waals surface area contributed by atoms with Crippen LogP contribution in [0.5, 0.6) is 0 Å². The molecule has 19 heavy (non-hydrogen) atoms. The molecule has 0 bridgehead atoms. The van der Waals surface area contributed by atoms with Gasteiger partial charge in [-0.05, 0) is 18.1 Å². The van der Waals surface area contributed by atoms with Crippen molar-refractivity contribution in [3.63, 3.8) is 0 Å². The highest BCUT2D eigenvalue weighted by Gasteiger charge is 2.22. The number of nitriles is 1. The van der Waals surface area contributed by atoms with E-state index in [0.717, 1.165) is 0 Å². The Balaban J connectivity index is 3.07. The van der Waals surface area contributed by atoms with E-state index in [4.69, 9.17) is 10.4 Å². The van der Waals surface area contributed by atoms with Gasteiger partial charge in [0.1, 0.15) is 17.7 Å². The van der Waals surface area contributed by atoms with Crippen molar-refractivity contribution in [3.8, 4) is 6.07 Å². The second-order valence-corrected chi connectivity index (χ2v) is 4.31. The van der Waals surface area contributed by atoms with E-state index in [1.165, 1.54) is 18.2 Å². The molecule has 1 rings (SSSR count). The fraction of sp³-hybridized carbons (Fsp3) is 0.333. The number of carboxylic acids is 1. The highest BCUT2D eigenvalue weighted by molar-refractivity contribution is 5.78. The Bertz CT molecular complexity index is 548. The van der Waals surface area contributed by atoms with Gasteiger partial charge in [-0.25, -0.2) is 4.79 Å². The number of nitro groups is 1. The largest absolute Gasteiger partial charge is 0.480 e. The lowest BCUT2D eigenvalue weighted by molar-refractivity contribution is -0.385. The molecule has 7 nitrogen and oxygen atoms in total. The van der Waals surface area contributed by atoms with Crippen molar-refractivity contribution in [2.24, 2.45) is 5.92 Å². The van der Waals surface area contributed by atoms with Crippen LogP contribution in [0.1, 0.15) is 19.4 Å². The van der Waals surface area contributed by atoms with Crippen molar-refractivity contribution in [2.45, 2.75) is 19.9 Å². The molecular formula is C12H13N3O4. The number of carbonyl (C=O) groups is 1. The number of nitrogens with one attached hydrogen (secondary N) is 1. The first-order chi connectivity index (χ1) is 8.86. The minimum Gasteiger partial charge on any atom is -0.480 e. The molecule has 0 heterocycles. The summed E-state index contributed by atoms with van der Waals surface area (Å²) in [6, 6.07) is 4.74. The normalized spacial score (nSPS) is 11.7. The molecule has 7 heteroatoms. The molecule has 1 aromatic rings. The van der Waals surface area contributed by atoms with E-state index in [1.54, 1.807) is 19.9 Å². The average molecular weight is 263 g/mol. The van der Waals surface area contributed by atoms with Crippen molar-refractivity contribution >= 4 is 17.3 Å². The van der Waals surface area contributed by atoms with Gasteiger partial charge >= 0.3 is 5.97 Å². The number of anilines is 1. The quantitative estimate of drug-likeness (QED) is 0.619. The molecule has 0 radical (unpaired) electrons. The average Bonchev–Trinajstić information content (AvgIpc) is 2.34. The standard InChI is InChI=1S/C12H13N3O4/c1-7(2)11(12(16)17)14-9-3-4-10(15(18)19)8(5-9)6-13/h3-5,7,11,14H,1-2H3,(H,16,17). The molecule has 0 saturated heterocycles. The lowest BCUT2D eigenvalue weighted by Gasteiger charge is -2.19. The third kappa shape index (κ3) is 3.42. The number of carboxylic acid groups (broad SMARTS) is 1. The molecular weight excluding hydrogens is 250 g/mol. The van der Waals surface area contributed by atoms with E-state index in [9.17, 15) is 14.9 Å². The van der Waals surface area contributed by atoms with Crippen LogP contribution in [0.15, 0.2) is 18.2 Å². The van der Waals surface area contributed by atoms with Gasteiger partial charge in [0.15, 0.2) is 0 Å². The van der Waals surface area contributed by atoms with Gasteiger partial charge in [0, 0.05) is 11.8 Å². The molecule has 0 fully saturated rings. The molecule has 0 aliphatic heterocycles. The van der Waals surface area contributed by atoms with Crippen LogP contribution in [0.4, 0.5) is 11.4 Å². The van der Waals surface area contributed by atoms with Crippen molar-refractivity contribution in [1.82, 2.24) is 0 Å². The maximum atomic E-state index is 11.0. The van der Waals surface area contributed by atoms with E-state index < -0.39 is 16.9 Å². The fourth-order valence-corrected chi connectivity index (χ4v) is 1.57. The lowest BCUT2D eigenvalue weighted by atomic mass is 10.0. The minimum atomic E-state index is -1.02. The summed E-state index contributed by atoms with van der Waals surface area (Å²) in [4.78, 5) is 21.1. The van der Waals surface area contributed by atoms with Crippen molar-refractivity contribution < 1.29 is 14.8 Å². The zero-order valence-electron chi connectivity index (χ0n) is 10.5. The summed E-state index contributed by atoms with van der Waals surface area (Å²) >= 11 is 0. The number of rotatable bonds is 5. The van der Waals surface area contributed by atoms with Crippen LogP contribution in [0, 0.1) is 27.4 Å². The molecule has 0 aliphatic carbocycles. The van der Waals surface area contributed by atoms with Crippen LogP contribution >= 0.6 is 0 Å². The van der Waals surface area contributed by atoms with Gasteiger partial charge in [-0.2, -0.15) is 5.26 Å². The summed E-state index contributed by atoms with van der Waals surface area (Å²) in [5, 5.41) is 31.3. The van der Waals surface area contributed by atoms with E-state index >= 15 is 0 Å². The third-order valence-electron chi connectivity index (χ3n) is 2.57. The number of nitrogens with zero attached hydrogens (tertiary/aromatic N) is 2. The molecule has 0 aromatic heterocycles. The first kappa shape index (κ1) is 14.4. The highest BCUT2D eigenvalue weighted by atomic mass is 16.6. The van der Waals surface area contributed by atoms with Crippen LogP contribution in [0.25, 0.3) is 0 Å². The fourth-order valence-electron chi connectivity index (χ4n) is 1.57. The van der Waals surface area contributed by atoms with Gasteiger partial charge in [0.25, 0.3) is 5.69 Å². The Morgan fingerprint density at radius 3 is 2.58 bits per heavy atom. The molecule has 1 aromatic carbocycles. The molecule has 2 N–H and O–H groups in total. The van der Waals surface area contributed by atoms with Gasteiger partial charge in [-0.15, -0.1) is 0 Å². The predicted molar refractivity (Wildman–Crippen MR) is 67.7 cm³/mol. The first-order valence-corrected chi connectivity index (χ1v) is 5.54. The zero-order chi connectivity index (χ0) is 14.6. The predicted octanol–water partition coefficient (Wildman–Crippen LogP) is 1.99. The zero-order valence-corrected chi connectivity index (χ0v) is 10.5. The molecule has 100 valence electrons. The monoisotopic (exact) mass is 263 g/mol. The number of hydrogen-bond donors (Lipinski definition) is 2. The highest BCUT2D eigenvalue weighted by Crippen LogP contribution is 2.23. The Labute approximate surface area is 109 Å². The minimum absolute atomic E-state index is 0.108. The molecule has 0 spiro atoms. The van der Waals surface area contributed by atoms with Crippen LogP contribution in [0.3, 0.4) is 0 Å². The van der Waals surface area contributed by atoms with Crippen molar-refractivity contribution in [2.75, 3.05) is 5.32 Å². The first-order valence-electron chi connectivity index (χ1n) is 5.54. The van der Waals surface area contributed by atoms with Crippen LogP contribution in [0.2, 0.25) is 0 Å². The number of benzene rings is 1. The van der Waals surface area contributed by atoms with Crippen molar-refractivity contribution in [1.29, 1.82) is 5.26 Å². The van der Waals surface area contributed by atoms with E-state index in [1.807, 2.05) is 0 Å². The van der Waals surface area contributed by atoms with Crippen molar-refractivity contribution in [3.05, 3.63) is 33.9 Å². The van der Waals surface area contributed by atoms with Gasteiger partial charge in [-0.3, -0.25) is 10.1 Å². The summed E-state index contributed by atoms with van der Waals surface area (Å²) in [7, 11) is 0. The number of hydrogen-bond acceptors (Lipinski definition) is 5. The Morgan fingerprint density at radius 2 is 2.16 bits per heavy atom.